The lowest BCUT2D eigenvalue weighted by Crippen LogP contribution is -2.50. The van der Waals surface area contributed by atoms with E-state index in [1.54, 1.807) is 30.2 Å². The van der Waals surface area contributed by atoms with Gasteiger partial charge in [0.1, 0.15) is 11.6 Å². The van der Waals surface area contributed by atoms with Crippen molar-refractivity contribution >= 4 is 11.8 Å². The Morgan fingerprint density at radius 3 is 2.67 bits per heavy atom. The van der Waals surface area contributed by atoms with E-state index in [1.807, 2.05) is 0 Å². The molecule has 0 radical (unpaired) electrons. The molecule has 0 aliphatic carbocycles. The number of nitrogens with one attached hydrogen (secondary N) is 1. The number of furan rings is 1. The Bertz CT molecular complexity index is 786. The number of carbonyl (C=O) groups is 2. The first-order valence-electron chi connectivity index (χ1n) is 8.71. The Hall–Kier alpha value is -2.87. The molecular formula is C19H22FN3O4. The molecule has 2 heterocycles. The predicted octanol–water partition coefficient (Wildman–Crippen LogP) is 1.50. The molecule has 1 aliphatic heterocycles. The van der Waals surface area contributed by atoms with Gasteiger partial charge in [0, 0.05) is 38.3 Å². The zero-order chi connectivity index (χ0) is 19.2. The summed E-state index contributed by atoms with van der Waals surface area (Å²) >= 11 is 0. The molecule has 7 nitrogen and oxygen atoms in total. The van der Waals surface area contributed by atoms with Crippen LogP contribution in [0.5, 0.6) is 5.75 Å². The first-order chi connectivity index (χ1) is 13.1. The van der Waals surface area contributed by atoms with Crippen molar-refractivity contribution in [2.24, 2.45) is 0 Å². The van der Waals surface area contributed by atoms with Gasteiger partial charge in [-0.25, -0.2) is 4.39 Å². The van der Waals surface area contributed by atoms with Crippen molar-refractivity contribution < 1.29 is 23.1 Å². The number of carbonyl (C=O) groups excluding carboxylic acids is 2. The van der Waals surface area contributed by atoms with E-state index in [9.17, 15) is 14.0 Å². The lowest BCUT2D eigenvalue weighted by Gasteiger charge is -2.35. The predicted molar refractivity (Wildman–Crippen MR) is 95.9 cm³/mol. The van der Waals surface area contributed by atoms with E-state index in [0.717, 1.165) is 5.56 Å². The highest BCUT2D eigenvalue weighted by Gasteiger charge is 2.22. The SMILES string of the molecule is COc1ccc(F)cc1CN1CCN(C(=O)CNC(=O)c2ccco2)CC1. The summed E-state index contributed by atoms with van der Waals surface area (Å²) in [5, 5.41) is 2.56. The summed E-state index contributed by atoms with van der Waals surface area (Å²) in [6.45, 7) is 2.91. The van der Waals surface area contributed by atoms with Crippen LogP contribution in [0.25, 0.3) is 0 Å². The van der Waals surface area contributed by atoms with Crippen LogP contribution < -0.4 is 10.1 Å². The summed E-state index contributed by atoms with van der Waals surface area (Å²) in [4.78, 5) is 27.9. The van der Waals surface area contributed by atoms with Gasteiger partial charge < -0.3 is 19.4 Å². The molecule has 2 aromatic rings. The summed E-state index contributed by atoms with van der Waals surface area (Å²) in [6, 6.07) is 7.62. The van der Waals surface area contributed by atoms with Gasteiger partial charge in [-0.1, -0.05) is 0 Å². The van der Waals surface area contributed by atoms with Gasteiger partial charge in [-0.2, -0.15) is 0 Å². The number of benzene rings is 1. The molecule has 1 aromatic heterocycles. The fourth-order valence-electron chi connectivity index (χ4n) is 3.03. The number of amides is 2. The fraction of sp³-hybridized carbons (Fsp3) is 0.368. The number of ether oxygens (including phenoxy) is 1. The largest absolute Gasteiger partial charge is 0.496 e. The van der Waals surface area contributed by atoms with Gasteiger partial charge in [0.15, 0.2) is 5.76 Å². The van der Waals surface area contributed by atoms with Crippen molar-refractivity contribution in [3.8, 4) is 5.75 Å². The van der Waals surface area contributed by atoms with Crippen LogP contribution >= 0.6 is 0 Å². The molecule has 1 fully saturated rings. The van der Waals surface area contributed by atoms with Crippen LogP contribution in [-0.4, -0.2) is 61.4 Å². The van der Waals surface area contributed by atoms with Crippen LogP contribution in [-0.2, 0) is 11.3 Å². The van der Waals surface area contributed by atoms with E-state index in [0.29, 0.717) is 38.5 Å². The fourth-order valence-corrected chi connectivity index (χ4v) is 3.03. The van der Waals surface area contributed by atoms with E-state index in [4.69, 9.17) is 9.15 Å². The normalized spacial score (nSPS) is 14.8. The Morgan fingerprint density at radius 2 is 2.00 bits per heavy atom. The van der Waals surface area contributed by atoms with Gasteiger partial charge in [-0.3, -0.25) is 14.5 Å². The quantitative estimate of drug-likeness (QED) is 0.828. The lowest BCUT2D eigenvalue weighted by atomic mass is 10.1. The average molecular weight is 375 g/mol. The minimum Gasteiger partial charge on any atom is -0.496 e. The molecule has 3 rings (SSSR count). The summed E-state index contributed by atoms with van der Waals surface area (Å²) in [5.74, 6) is -0.0257. The van der Waals surface area contributed by atoms with Crippen molar-refractivity contribution in [2.75, 3.05) is 39.8 Å². The maximum Gasteiger partial charge on any atom is 0.287 e. The number of nitrogens with zero attached hydrogens (tertiary/aromatic N) is 2. The molecular weight excluding hydrogens is 353 g/mol. The standard InChI is InChI=1S/C19H22FN3O4/c1-26-16-5-4-15(20)11-14(16)13-22-6-8-23(9-7-22)18(24)12-21-19(25)17-3-2-10-27-17/h2-5,10-11H,6-9,12-13H2,1H3,(H,21,25). The third-order valence-electron chi connectivity index (χ3n) is 4.51. The maximum absolute atomic E-state index is 13.5. The van der Waals surface area contributed by atoms with E-state index in [1.165, 1.54) is 18.4 Å². The number of piperazine rings is 1. The summed E-state index contributed by atoms with van der Waals surface area (Å²) in [5.41, 5.74) is 0.781. The minimum atomic E-state index is -0.412. The van der Waals surface area contributed by atoms with Crippen molar-refractivity contribution in [1.82, 2.24) is 15.1 Å². The second kappa shape index (κ2) is 8.68. The van der Waals surface area contributed by atoms with Gasteiger partial charge in [-0.15, -0.1) is 0 Å². The highest BCUT2D eigenvalue weighted by Crippen LogP contribution is 2.21. The number of rotatable bonds is 6. The molecule has 2 amide bonds. The van der Waals surface area contributed by atoms with Crippen molar-refractivity contribution in [2.45, 2.75) is 6.54 Å². The van der Waals surface area contributed by atoms with E-state index in [-0.39, 0.29) is 24.0 Å². The van der Waals surface area contributed by atoms with Gasteiger partial charge in [0.05, 0.1) is 19.9 Å². The zero-order valence-corrected chi connectivity index (χ0v) is 15.1. The molecule has 8 heteroatoms. The Balaban J connectivity index is 1.46. The molecule has 1 aromatic carbocycles. The molecule has 0 bridgehead atoms. The molecule has 0 spiro atoms. The number of hydrogen-bond donors (Lipinski definition) is 1. The monoisotopic (exact) mass is 375 g/mol. The molecule has 0 saturated carbocycles. The third kappa shape index (κ3) is 4.85. The molecule has 1 saturated heterocycles. The number of methoxy groups -OCH3 is 1. The molecule has 27 heavy (non-hydrogen) atoms. The summed E-state index contributed by atoms with van der Waals surface area (Å²) in [6.07, 6.45) is 1.41. The maximum atomic E-state index is 13.5. The minimum absolute atomic E-state index is 0.0722. The first-order valence-corrected chi connectivity index (χ1v) is 8.71. The lowest BCUT2D eigenvalue weighted by molar-refractivity contribution is -0.131. The van der Waals surface area contributed by atoms with E-state index in [2.05, 4.69) is 10.2 Å². The smallest absolute Gasteiger partial charge is 0.287 e. The van der Waals surface area contributed by atoms with Crippen LogP contribution in [0.15, 0.2) is 41.0 Å². The van der Waals surface area contributed by atoms with Gasteiger partial charge >= 0.3 is 0 Å². The Labute approximate surface area is 156 Å². The Morgan fingerprint density at radius 1 is 1.22 bits per heavy atom. The molecule has 0 unspecified atom stereocenters. The van der Waals surface area contributed by atoms with Crippen LogP contribution in [0.2, 0.25) is 0 Å². The Kier molecular flexibility index (Phi) is 6.08. The van der Waals surface area contributed by atoms with Gasteiger partial charge in [0.2, 0.25) is 5.91 Å². The van der Waals surface area contributed by atoms with Crippen molar-refractivity contribution in [3.05, 3.63) is 53.7 Å². The van der Waals surface area contributed by atoms with Crippen LogP contribution in [0, 0.1) is 5.82 Å². The first kappa shape index (κ1) is 18.9. The summed E-state index contributed by atoms with van der Waals surface area (Å²) < 4.78 is 23.8. The van der Waals surface area contributed by atoms with Crippen LogP contribution in [0.4, 0.5) is 4.39 Å². The summed E-state index contributed by atoms with van der Waals surface area (Å²) in [7, 11) is 1.56. The average Bonchev–Trinajstić information content (AvgIpc) is 3.21. The second-order valence-corrected chi connectivity index (χ2v) is 6.27. The number of halogens is 1. The molecule has 1 aliphatic rings. The van der Waals surface area contributed by atoms with E-state index < -0.39 is 5.91 Å². The van der Waals surface area contributed by atoms with Crippen molar-refractivity contribution in [3.63, 3.8) is 0 Å². The number of hydrogen-bond acceptors (Lipinski definition) is 5. The second-order valence-electron chi connectivity index (χ2n) is 6.27. The van der Waals surface area contributed by atoms with Gasteiger partial charge in [-0.05, 0) is 30.3 Å². The molecule has 0 atom stereocenters. The van der Waals surface area contributed by atoms with E-state index >= 15 is 0 Å². The molecule has 1 N–H and O–H groups in total. The van der Waals surface area contributed by atoms with Crippen LogP contribution in [0.3, 0.4) is 0 Å². The van der Waals surface area contributed by atoms with Crippen LogP contribution in [0.1, 0.15) is 16.1 Å². The zero-order valence-electron chi connectivity index (χ0n) is 15.1. The molecule has 144 valence electrons. The third-order valence-corrected chi connectivity index (χ3v) is 4.51. The van der Waals surface area contributed by atoms with Gasteiger partial charge in [0.25, 0.3) is 5.91 Å². The highest BCUT2D eigenvalue weighted by atomic mass is 19.1. The topological polar surface area (TPSA) is 75.0 Å². The van der Waals surface area contributed by atoms with Crippen molar-refractivity contribution in [1.29, 1.82) is 0 Å². The highest BCUT2D eigenvalue weighted by molar-refractivity contribution is 5.94.